The zero-order valence-electron chi connectivity index (χ0n) is 12.2. The summed E-state index contributed by atoms with van der Waals surface area (Å²) in [5.41, 5.74) is 9.56. The van der Waals surface area contributed by atoms with Crippen LogP contribution >= 0.6 is 0 Å². The second kappa shape index (κ2) is 5.93. The molecule has 114 valence electrons. The number of nitrogens with two attached hydrogens (primary N) is 1. The van der Waals surface area contributed by atoms with E-state index in [0.29, 0.717) is 18.0 Å². The number of nitrogens with one attached hydrogen (secondary N) is 2. The molecule has 5 nitrogen and oxygen atoms in total. The molecule has 0 aromatic heterocycles. The van der Waals surface area contributed by atoms with Gasteiger partial charge in [0.25, 0.3) is 0 Å². The minimum Gasteiger partial charge on any atom is -0.397 e. The number of hydrogen-bond acceptors (Lipinski definition) is 4. The number of rotatable bonds is 3. The highest BCUT2D eigenvalue weighted by molar-refractivity contribution is 5.95. The van der Waals surface area contributed by atoms with Gasteiger partial charge >= 0.3 is 0 Å². The maximum absolute atomic E-state index is 11.4. The zero-order chi connectivity index (χ0) is 14.8. The largest absolute Gasteiger partial charge is 0.397 e. The molecule has 2 atom stereocenters. The van der Waals surface area contributed by atoms with Gasteiger partial charge in [-0.1, -0.05) is 12.8 Å². The molecule has 1 amide bonds. The number of aryl methyl sites for hydroxylation is 1. The highest BCUT2D eigenvalue weighted by Gasteiger charge is 2.23. The van der Waals surface area contributed by atoms with E-state index in [2.05, 4.69) is 10.6 Å². The zero-order valence-corrected chi connectivity index (χ0v) is 12.2. The molecule has 0 bridgehead atoms. The van der Waals surface area contributed by atoms with Gasteiger partial charge in [0.1, 0.15) is 0 Å². The summed E-state index contributed by atoms with van der Waals surface area (Å²) in [6, 6.07) is 3.85. The topological polar surface area (TPSA) is 87.4 Å². The number of aliphatic hydroxyl groups excluding tert-OH is 1. The van der Waals surface area contributed by atoms with Crippen LogP contribution in [0.5, 0.6) is 0 Å². The third kappa shape index (κ3) is 3.13. The number of amides is 1. The minimum absolute atomic E-state index is 0.0490. The monoisotopic (exact) mass is 289 g/mol. The van der Waals surface area contributed by atoms with Crippen LogP contribution in [-0.2, 0) is 11.2 Å². The fourth-order valence-electron chi connectivity index (χ4n) is 3.27. The number of aliphatic hydroxyl groups is 1. The normalized spacial score (nSPS) is 25.1. The minimum atomic E-state index is -0.204. The Balaban J connectivity index is 1.69. The third-order valence-corrected chi connectivity index (χ3v) is 4.59. The van der Waals surface area contributed by atoms with E-state index >= 15 is 0 Å². The summed E-state index contributed by atoms with van der Waals surface area (Å²) in [6.45, 7) is 0.747. The standard InChI is InChI=1S/C16H23N3O2/c17-12-8-13-10(5-6-16(21)19-13)7-14(12)18-9-11-3-1-2-4-15(11)20/h7-8,11,15,18,20H,1-6,9,17H2,(H,19,21). The molecule has 1 heterocycles. The molecule has 0 spiro atoms. The smallest absolute Gasteiger partial charge is 0.224 e. The van der Waals surface area contributed by atoms with E-state index in [1.807, 2.05) is 12.1 Å². The molecule has 1 fully saturated rings. The van der Waals surface area contributed by atoms with E-state index in [1.54, 1.807) is 0 Å². The molecule has 1 aromatic rings. The number of anilines is 3. The number of hydrogen-bond donors (Lipinski definition) is 4. The highest BCUT2D eigenvalue weighted by Crippen LogP contribution is 2.32. The van der Waals surface area contributed by atoms with Crippen molar-refractivity contribution in [1.82, 2.24) is 0 Å². The maximum atomic E-state index is 11.4. The second-order valence-electron chi connectivity index (χ2n) is 6.14. The van der Waals surface area contributed by atoms with Crippen molar-refractivity contribution in [2.45, 2.75) is 44.6 Å². The quantitative estimate of drug-likeness (QED) is 0.642. The first kappa shape index (κ1) is 14.2. The van der Waals surface area contributed by atoms with Crippen molar-refractivity contribution in [3.8, 4) is 0 Å². The Hall–Kier alpha value is -1.75. The molecule has 3 rings (SSSR count). The van der Waals surface area contributed by atoms with E-state index in [9.17, 15) is 9.90 Å². The van der Waals surface area contributed by atoms with Crippen molar-refractivity contribution >= 4 is 23.0 Å². The lowest BCUT2D eigenvalue weighted by Gasteiger charge is -2.28. The molecule has 5 heteroatoms. The third-order valence-electron chi connectivity index (χ3n) is 4.59. The second-order valence-corrected chi connectivity index (χ2v) is 6.14. The molecule has 1 aliphatic heterocycles. The summed E-state index contributed by atoms with van der Waals surface area (Å²) < 4.78 is 0. The first-order valence-electron chi connectivity index (χ1n) is 7.77. The average molecular weight is 289 g/mol. The summed E-state index contributed by atoms with van der Waals surface area (Å²) in [6.07, 6.45) is 5.35. The van der Waals surface area contributed by atoms with Crippen LogP contribution in [0.4, 0.5) is 17.1 Å². The molecule has 1 saturated carbocycles. The van der Waals surface area contributed by atoms with Crippen molar-refractivity contribution in [1.29, 1.82) is 0 Å². The van der Waals surface area contributed by atoms with Crippen molar-refractivity contribution < 1.29 is 9.90 Å². The SMILES string of the molecule is Nc1cc2c(cc1NCC1CCCCC1O)CCC(=O)N2. The van der Waals surface area contributed by atoms with Gasteiger partial charge in [0.2, 0.25) is 5.91 Å². The first-order chi connectivity index (χ1) is 10.1. The van der Waals surface area contributed by atoms with Gasteiger partial charge in [0.15, 0.2) is 0 Å². The van der Waals surface area contributed by atoms with E-state index < -0.39 is 0 Å². The van der Waals surface area contributed by atoms with E-state index in [-0.39, 0.29) is 12.0 Å². The van der Waals surface area contributed by atoms with Crippen LogP contribution in [0.15, 0.2) is 12.1 Å². The van der Waals surface area contributed by atoms with E-state index in [0.717, 1.165) is 49.2 Å². The van der Waals surface area contributed by atoms with Crippen LogP contribution in [-0.4, -0.2) is 23.7 Å². The molecule has 1 aromatic carbocycles. The molecule has 1 aliphatic carbocycles. The number of benzene rings is 1. The Morgan fingerprint density at radius 1 is 1.29 bits per heavy atom. The number of carbonyl (C=O) groups excluding carboxylic acids is 1. The van der Waals surface area contributed by atoms with Crippen LogP contribution in [0, 0.1) is 5.92 Å². The average Bonchev–Trinajstić information content (AvgIpc) is 2.46. The summed E-state index contributed by atoms with van der Waals surface area (Å²) >= 11 is 0. The van der Waals surface area contributed by atoms with Crippen molar-refractivity contribution in [2.24, 2.45) is 5.92 Å². The van der Waals surface area contributed by atoms with Gasteiger partial charge in [-0.2, -0.15) is 0 Å². The number of fused-ring (bicyclic) bond motifs is 1. The lowest BCUT2D eigenvalue weighted by Crippen LogP contribution is -2.30. The fraction of sp³-hybridized carbons (Fsp3) is 0.562. The molecule has 0 radical (unpaired) electrons. The fourth-order valence-corrected chi connectivity index (χ4v) is 3.27. The van der Waals surface area contributed by atoms with Crippen molar-refractivity contribution in [3.63, 3.8) is 0 Å². The Labute approximate surface area is 124 Å². The van der Waals surface area contributed by atoms with Crippen LogP contribution in [0.3, 0.4) is 0 Å². The predicted molar refractivity (Wildman–Crippen MR) is 84.3 cm³/mol. The predicted octanol–water partition coefficient (Wildman–Crippen LogP) is 2.12. The lowest BCUT2D eigenvalue weighted by atomic mass is 9.86. The maximum Gasteiger partial charge on any atom is 0.224 e. The van der Waals surface area contributed by atoms with Gasteiger partial charge in [-0.25, -0.2) is 0 Å². The van der Waals surface area contributed by atoms with E-state index in [1.165, 1.54) is 6.42 Å². The number of nitrogen functional groups attached to an aromatic ring is 1. The Morgan fingerprint density at radius 2 is 2.10 bits per heavy atom. The summed E-state index contributed by atoms with van der Waals surface area (Å²) in [7, 11) is 0. The van der Waals surface area contributed by atoms with Gasteiger partial charge in [-0.3, -0.25) is 4.79 Å². The number of carbonyl (C=O) groups is 1. The van der Waals surface area contributed by atoms with Gasteiger partial charge in [0.05, 0.1) is 17.5 Å². The van der Waals surface area contributed by atoms with Crippen LogP contribution in [0.25, 0.3) is 0 Å². The van der Waals surface area contributed by atoms with Crippen LogP contribution in [0.2, 0.25) is 0 Å². The molecule has 5 N–H and O–H groups in total. The van der Waals surface area contributed by atoms with Gasteiger partial charge in [0, 0.05) is 24.6 Å². The molecular weight excluding hydrogens is 266 g/mol. The van der Waals surface area contributed by atoms with Crippen LogP contribution < -0.4 is 16.4 Å². The molecule has 21 heavy (non-hydrogen) atoms. The van der Waals surface area contributed by atoms with Crippen LogP contribution in [0.1, 0.15) is 37.7 Å². The summed E-state index contributed by atoms with van der Waals surface area (Å²) in [5, 5.41) is 16.2. The summed E-state index contributed by atoms with van der Waals surface area (Å²) in [5.74, 6) is 0.349. The Morgan fingerprint density at radius 3 is 2.90 bits per heavy atom. The van der Waals surface area contributed by atoms with Crippen molar-refractivity contribution in [2.75, 3.05) is 22.9 Å². The summed E-state index contributed by atoms with van der Waals surface area (Å²) in [4.78, 5) is 11.4. The first-order valence-corrected chi connectivity index (χ1v) is 7.77. The molecule has 0 saturated heterocycles. The molecule has 2 aliphatic rings. The highest BCUT2D eigenvalue weighted by atomic mass is 16.3. The van der Waals surface area contributed by atoms with Crippen molar-refractivity contribution in [3.05, 3.63) is 17.7 Å². The van der Waals surface area contributed by atoms with Gasteiger partial charge < -0.3 is 21.5 Å². The molecule has 2 unspecified atom stereocenters. The molecular formula is C16H23N3O2. The van der Waals surface area contributed by atoms with E-state index in [4.69, 9.17) is 5.73 Å². The Kier molecular flexibility index (Phi) is 4.01. The van der Waals surface area contributed by atoms with Gasteiger partial charge in [-0.15, -0.1) is 0 Å². The van der Waals surface area contributed by atoms with Gasteiger partial charge in [-0.05, 0) is 37.0 Å². The lowest BCUT2D eigenvalue weighted by molar-refractivity contribution is -0.116. The Bertz CT molecular complexity index is 545.